The van der Waals surface area contributed by atoms with Crippen LogP contribution < -0.4 is 9.84 Å². The van der Waals surface area contributed by atoms with E-state index in [2.05, 4.69) is 5.32 Å². The minimum atomic E-state index is -4.10. The number of hydrogen-bond donors (Lipinski definition) is 1. The van der Waals surface area contributed by atoms with E-state index in [4.69, 9.17) is 23.0 Å². The number of alkyl halides is 2. The number of carbonyl (C=O) groups is 2. The third-order valence-electron chi connectivity index (χ3n) is 4.52. The second-order valence-corrected chi connectivity index (χ2v) is 8.63. The number of halogens is 2. The van der Waals surface area contributed by atoms with E-state index in [1.807, 2.05) is 6.07 Å². The van der Waals surface area contributed by atoms with Gasteiger partial charge < -0.3 is 19.3 Å². The molecule has 0 saturated carbocycles. The number of ether oxygens (including phenoxy) is 2. The Bertz CT molecular complexity index is 1010. The maximum absolute atomic E-state index is 13.8. The van der Waals surface area contributed by atoms with Crippen LogP contribution >= 0.6 is 7.82 Å². The Hall–Kier alpha value is -3.01. The van der Waals surface area contributed by atoms with Gasteiger partial charge in [-0.1, -0.05) is 36.4 Å². The summed E-state index contributed by atoms with van der Waals surface area (Å²) in [6.07, 6.45) is -4.06. The Kier molecular flexibility index (Phi) is 11.1. The standard InChI is InChI=1S/C23H28F2NO8P/c1-4-32-35(29,33-5-2)34-20-12-11-17(13-18(20)21(24)25)14-19(22(27)30-3)26-23(28)31-15-16-9-7-6-8-10-16/h6-13,19,21H,4-5,14-15H2,1-3H3,(H,26,28)/t19-/m0/s1. The average molecular weight is 515 g/mol. The van der Waals surface area contributed by atoms with Gasteiger partial charge in [0.1, 0.15) is 18.4 Å². The number of nitrogens with one attached hydrogen (secondary N) is 1. The lowest BCUT2D eigenvalue weighted by atomic mass is 10.0. The van der Waals surface area contributed by atoms with Crippen LogP contribution in [-0.2, 0) is 40.9 Å². The van der Waals surface area contributed by atoms with Crippen LogP contribution in [0.5, 0.6) is 5.75 Å². The Morgan fingerprint density at radius 3 is 2.23 bits per heavy atom. The summed E-state index contributed by atoms with van der Waals surface area (Å²) in [6.45, 7) is 3.04. The quantitative estimate of drug-likeness (QED) is 0.287. The molecule has 0 fully saturated rings. The van der Waals surface area contributed by atoms with Crippen molar-refractivity contribution in [3.05, 3.63) is 65.2 Å². The lowest BCUT2D eigenvalue weighted by Crippen LogP contribution is -2.43. The summed E-state index contributed by atoms with van der Waals surface area (Å²) in [4.78, 5) is 24.4. The summed E-state index contributed by atoms with van der Waals surface area (Å²) in [7, 11) is -2.97. The van der Waals surface area contributed by atoms with Crippen LogP contribution in [0.3, 0.4) is 0 Å². The first-order valence-corrected chi connectivity index (χ1v) is 12.2. The molecule has 12 heteroatoms. The number of phosphoric acid groups is 1. The molecule has 2 aromatic rings. The fraction of sp³-hybridized carbons (Fsp3) is 0.391. The minimum absolute atomic E-state index is 0.0216. The molecule has 2 rings (SSSR count). The average Bonchev–Trinajstić information content (AvgIpc) is 2.83. The Labute approximate surface area is 202 Å². The van der Waals surface area contributed by atoms with Crippen LogP contribution in [-0.4, -0.2) is 38.4 Å². The fourth-order valence-corrected chi connectivity index (χ4v) is 4.20. The molecule has 0 bridgehead atoms. The molecule has 192 valence electrons. The molecule has 1 atom stereocenters. The summed E-state index contributed by atoms with van der Waals surface area (Å²) in [5, 5.41) is 2.38. The molecule has 2 aromatic carbocycles. The highest BCUT2D eigenvalue weighted by Gasteiger charge is 2.30. The number of alkyl carbamates (subject to hydrolysis) is 1. The first-order chi connectivity index (χ1) is 16.7. The predicted molar refractivity (Wildman–Crippen MR) is 122 cm³/mol. The Balaban J connectivity index is 2.17. The number of methoxy groups -OCH3 is 1. The van der Waals surface area contributed by atoms with Crippen molar-refractivity contribution in [1.82, 2.24) is 5.32 Å². The molecule has 0 aliphatic heterocycles. The van der Waals surface area contributed by atoms with Crippen molar-refractivity contribution in [2.24, 2.45) is 0 Å². The number of carbonyl (C=O) groups excluding carboxylic acids is 2. The highest BCUT2D eigenvalue weighted by molar-refractivity contribution is 7.48. The fourth-order valence-electron chi connectivity index (χ4n) is 2.98. The number of rotatable bonds is 13. The molecule has 0 aromatic heterocycles. The molecular formula is C23H28F2NO8P. The van der Waals surface area contributed by atoms with Crippen molar-refractivity contribution in [1.29, 1.82) is 0 Å². The van der Waals surface area contributed by atoms with Gasteiger partial charge in [-0.15, -0.1) is 0 Å². The second kappa shape index (κ2) is 13.8. The Morgan fingerprint density at radius 1 is 1.00 bits per heavy atom. The van der Waals surface area contributed by atoms with Gasteiger partial charge in [0, 0.05) is 6.42 Å². The lowest BCUT2D eigenvalue weighted by Gasteiger charge is -2.20. The van der Waals surface area contributed by atoms with Crippen molar-refractivity contribution < 1.29 is 46.0 Å². The molecule has 0 unspecified atom stereocenters. The largest absolute Gasteiger partial charge is 0.530 e. The topological polar surface area (TPSA) is 109 Å². The normalized spacial score (nSPS) is 12.2. The zero-order valence-electron chi connectivity index (χ0n) is 19.6. The first kappa shape index (κ1) is 28.2. The zero-order valence-corrected chi connectivity index (χ0v) is 20.5. The number of phosphoric ester groups is 1. The van der Waals surface area contributed by atoms with E-state index in [1.165, 1.54) is 12.1 Å². The minimum Gasteiger partial charge on any atom is -0.467 e. The highest BCUT2D eigenvalue weighted by atomic mass is 31.2. The summed E-state index contributed by atoms with van der Waals surface area (Å²) >= 11 is 0. The van der Waals surface area contributed by atoms with E-state index in [0.717, 1.165) is 18.7 Å². The molecule has 0 spiro atoms. The van der Waals surface area contributed by atoms with E-state index < -0.39 is 37.9 Å². The summed E-state index contributed by atoms with van der Waals surface area (Å²) in [5.74, 6) is -1.18. The van der Waals surface area contributed by atoms with E-state index >= 15 is 0 Å². The number of benzene rings is 2. The third-order valence-corrected chi connectivity index (χ3v) is 6.09. The molecule has 0 aliphatic rings. The molecule has 35 heavy (non-hydrogen) atoms. The summed E-state index contributed by atoms with van der Waals surface area (Å²) in [5.41, 5.74) is 0.414. The molecule has 0 aliphatic carbocycles. The van der Waals surface area contributed by atoms with Crippen LogP contribution in [0.15, 0.2) is 48.5 Å². The monoisotopic (exact) mass is 515 g/mol. The molecule has 1 N–H and O–H groups in total. The van der Waals surface area contributed by atoms with Gasteiger partial charge in [-0.2, -0.15) is 0 Å². The van der Waals surface area contributed by atoms with Crippen molar-refractivity contribution in [3.63, 3.8) is 0 Å². The third kappa shape index (κ3) is 8.93. The van der Waals surface area contributed by atoms with E-state index in [1.54, 1.807) is 38.1 Å². The smallest absolute Gasteiger partial charge is 0.467 e. The van der Waals surface area contributed by atoms with E-state index in [0.29, 0.717) is 0 Å². The highest BCUT2D eigenvalue weighted by Crippen LogP contribution is 2.51. The van der Waals surface area contributed by atoms with Gasteiger partial charge in [0.25, 0.3) is 6.43 Å². The molecule has 1 amide bonds. The van der Waals surface area contributed by atoms with Gasteiger partial charge in [-0.25, -0.2) is 22.9 Å². The molecule has 0 saturated heterocycles. The van der Waals surface area contributed by atoms with Crippen LogP contribution in [0, 0.1) is 0 Å². The molecule has 9 nitrogen and oxygen atoms in total. The maximum atomic E-state index is 13.8. The van der Waals surface area contributed by atoms with Gasteiger partial charge >= 0.3 is 19.9 Å². The van der Waals surface area contributed by atoms with Crippen LogP contribution in [0.25, 0.3) is 0 Å². The second-order valence-electron chi connectivity index (χ2n) is 7.03. The molecule has 0 radical (unpaired) electrons. The van der Waals surface area contributed by atoms with Crippen LogP contribution in [0.2, 0.25) is 0 Å². The number of amides is 1. The maximum Gasteiger partial charge on any atom is 0.530 e. The van der Waals surface area contributed by atoms with Crippen molar-refractivity contribution in [3.8, 4) is 5.75 Å². The van der Waals surface area contributed by atoms with Gasteiger partial charge in [0.15, 0.2) is 0 Å². The van der Waals surface area contributed by atoms with Crippen molar-refractivity contribution in [2.75, 3.05) is 20.3 Å². The SMILES string of the molecule is CCOP(=O)(OCC)Oc1ccc(C[C@H](NC(=O)OCc2ccccc2)C(=O)OC)cc1C(F)F. The van der Waals surface area contributed by atoms with Gasteiger partial charge in [0.05, 0.1) is 25.9 Å². The van der Waals surface area contributed by atoms with Crippen LogP contribution in [0.1, 0.15) is 37.0 Å². The summed E-state index contributed by atoms with van der Waals surface area (Å²) in [6, 6.07) is 11.3. The lowest BCUT2D eigenvalue weighted by molar-refractivity contribution is -0.143. The van der Waals surface area contributed by atoms with Gasteiger partial charge in [-0.05, 0) is 37.1 Å². The van der Waals surface area contributed by atoms with Crippen molar-refractivity contribution >= 4 is 19.9 Å². The van der Waals surface area contributed by atoms with Gasteiger partial charge in [-0.3, -0.25) is 9.05 Å². The molecular weight excluding hydrogens is 487 g/mol. The van der Waals surface area contributed by atoms with Crippen molar-refractivity contribution in [2.45, 2.75) is 39.3 Å². The zero-order chi connectivity index (χ0) is 25.8. The van der Waals surface area contributed by atoms with E-state index in [9.17, 15) is 22.9 Å². The van der Waals surface area contributed by atoms with Crippen LogP contribution in [0.4, 0.5) is 13.6 Å². The number of hydrogen-bond acceptors (Lipinski definition) is 8. The Morgan fingerprint density at radius 2 is 1.66 bits per heavy atom. The molecule has 0 heterocycles. The van der Waals surface area contributed by atoms with Gasteiger partial charge in [0.2, 0.25) is 0 Å². The summed E-state index contributed by atoms with van der Waals surface area (Å²) < 4.78 is 65.1. The van der Waals surface area contributed by atoms with E-state index in [-0.39, 0.29) is 37.6 Å². The number of esters is 1. The predicted octanol–water partition coefficient (Wildman–Crippen LogP) is 5.19. The first-order valence-electron chi connectivity index (χ1n) is 10.8.